The van der Waals surface area contributed by atoms with Crippen LogP contribution in [0.1, 0.15) is 32.3 Å². The minimum absolute atomic E-state index is 0.0240. The topological polar surface area (TPSA) is 50.4 Å². The van der Waals surface area contributed by atoms with Gasteiger partial charge in [0, 0.05) is 19.7 Å². The maximum Gasteiger partial charge on any atom is 0.248 e. The second-order valence-electron chi connectivity index (χ2n) is 4.82. The first kappa shape index (κ1) is 16.7. The first-order valence-electron chi connectivity index (χ1n) is 7.38. The number of nitrogens with one attached hydrogen (secondary N) is 2. The zero-order chi connectivity index (χ0) is 14.6. The van der Waals surface area contributed by atoms with Crippen LogP contribution in [0.4, 0.5) is 0 Å². The molecule has 2 N–H and O–H groups in total. The van der Waals surface area contributed by atoms with Gasteiger partial charge in [-0.3, -0.25) is 4.79 Å². The highest BCUT2D eigenvalue weighted by atomic mass is 16.5. The van der Waals surface area contributed by atoms with Crippen LogP contribution in [-0.4, -0.2) is 31.7 Å². The summed E-state index contributed by atoms with van der Waals surface area (Å²) in [5, 5.41) is 6.18. The highest BCUT2D eigenvalue weighted by Crippen LogP contribution is 1.97. The van der Waals surface area contributed by atoms with Crippen LogP contribution in [-0.2, 0) is 16.1 Å². The van der Waals surface area contributed by atoms with E-state index < -0.39 is 0 Å². The van der Waals surface area contributed by atoms with Crippen LogP contribution in [0.2, 0.25) is 0 Å². The lowest BCUT2D eigenvalue weighted by Crippen LogP contribution is -2.35. The van der Waals surface area contributed by atoms with Gasteiger partial charge in [0.1, 0.15) is 6.10 Å². The van der Waals surface area contributed by atoms with Crippen molar-refractivity contribution in [3.8, 4) is 0 Å². The fourth-order valence-corrected chi connectivity index (χ4v) is 1.75. The Balaban J connectivity index is 2.00. The Bertz CT molecular complexity index is 368. The number of rotatable bonds is 10. The van der Waals surface area contributed by atoms with Crippen molar-refractivity contribution in [3.63, 3.8) is 0 Å². The van der Waals surface area contributed by atoms with Crippen molar-refractivity contribution in [3.05, 3.63) is 35.9 Å². The minimum atomic E-state index is -0.365. The molecule has 0 fully saturated rings. The van der Waals surface area contributed by atoms with E-state index in [4.69, 9.17) is 4.74 Å². The van der Waals surface area contributed by atoms with Crippen molar-refractivity contribution in [2.45, 2.75) is 39.3 Å². The highest BCUT2D eigenvalue weighted by Gasteiger charge is 2.11. The lowest BCUT2D eigenvalue weighted by molar-refractivity contribution is -0.131. The molecule has 1 aromatic carbocycles. The molecule has 1 atom stereocenters. The third kappa shape index (κ3) is 7.26. The smallest absolute Gasteiger partial charge is 0.248 e. The molecule has 1 unspecified atom stereocenters. The Labute approximate surface area is 121 Å². The molecule has 0 aliphatic heterocycles. The molecule has 4 heteroatoms. The van der Waals surface area contributed by atoms with Crippen LogP contribution in [0.25, 0.3) is 0 Å². The van der Waals surface area contributed by atoms with Crippen molar-refractivity contribution >= 4 is 5.91 Å². The van der Waals surface area contributed by atoms with Gasteiger partial charge in [-0.2, -0.15) is 0 Å². The van der Waals surface area contributed by atoms with Crippen molar-refractivity contribution in [2.75, 3.05) is 19.7 Å². The Hall–Kier alpha value is -1.39. The molecule has 0 spiro atoms. The number of carbonyl (C=O) groups is 1. The highest BCUT2D eigenvalue weighted by molar-refractivity contribution is 5.80. The molecule has 0 aliphatic carbocycles. The average Bonchev–Trinajstić information content (AvgIpc) is 2.49. The summed E-state index contributed by atoms with van der Waals surface area (Å²) in [6, 6.07) is 10.3. The van der Waals surface area contributed by atoms with Gasteiger partial charge in [0.05, 0.1) is 0 Å². The molecule has 0 aromatic heterocycles. The lowest BCUT2D eigenvalue weighted by atomic mass is 10.2. The van der Waals surface area contributed by atoms with Gasteiger partial charge in [-0.25, -0.2) is 0 Å². The summed E-state index contributed by atoms with van der Waals surface area (Å²) in [7, 11) is 0. The van der Waals surface area contributed by atoms with Gasteiger partial charge < -0.3 is 15.4 Å². The summed E-state index contributed by atoms with van der Waals surface area (Å²) >= 11 is 0. The predicted molar refractivity (Wildman–Crippen MR) is 81.5 cm³/mol. The Morgan fingerprint density at radius 1 is 1.25 bits per heavy atom. The maximum absolute atomic E-state index is 11.6. The second kappa shape index (κ2) is 10.4. The van der Waals surface area contributed by atoms with E-state index in [0.717, 1.165) is 25.9 Å². The normalized spacial score (nSPS) is 12.1. The number of amides is 1. The average molecular weight is 278 g/mol. The molecule has 0 radical (unpaired) electrons. The number of hydrogen-bond donors (Lipinski definition) is 2. The Kier molecular flexibility index (Phi) is 8.67. The first-order chi connectivity index (χ1) is 9.74. The van der Waals surface area contributed by atoms with Crippen LogP contribution < -0.4 is 10.6 Å². The van der Waals surface area contributed by atoms with E-state index in [1.54, 1.807) is 6.92 Å². The molecule has 1 aromatic rings. The van der Waals surface area contributed by atoms with Gasteiger partial charge >= 0.3 is 0 Å². The van der Waals surface area contributed by atoms with E-state index in [-0.39, 0.29) is 12.0 Å². The summed E-state index contributed by atoms with van der Waals surface area (Å²) in [6.45, 7) is 6.89. The zero-order valence-corrected chi connectivity index (χ0v) is 12.5. The van der Waals surface area contributed by atoms with E-state index in [2.05, 4.69) is 22.8 Å². The van der Waals surface area contributed by atoms with Crippen molar-refractivity contribution < 1.29 is 9.53 Å². The van der Waals surface area contributed by atoms with Crippen molar-refractivity contribution in [2.24, 2.45) is 0 Å². The van der Waals surface area contributed by atoms with Crippen molar-refractivity contribution in [1.29, 1.82) is 0 Å². The summed E-state index contributed by atoms with van der Waals surface area (Å²) in [5.74, 6) is -0.0240. The standard InChI is InChI=1S/C16H26N2O2/c1-3-10-18-16(19)14(2)20-12-7-11-17-13-15-8-5-4-6-9-15/h4-6,8-9,14,17H,3,7,10-13H2,1-2H3,(H,18,19). The Morgan fingerprint density at radius 3 is 2.70 bits per heavy atom. The van der Waals surface area contributed by atoms with Gasteiger partial charge in [-0.05, 0) is 31.9 Å². The molecule has 0 aliphatic rings. The largest absolute Gasteiger partial charge is 0.369 e. The van der Waals surface area contributed by atoms with Crippen LogP contribution in [0.15, 0.2) is 30.3 Å². The fraction of sp³-hybridized carbons (Fsp3) is 0.562. The molecule has 112 valence electrons. The molecule has 0 bridgehead atoms. The third-order valence-electron chi connectivity index (χ3n) is 2.96. The molecular formula is C16H26N2O2. The molecule has 1 rings (SSSR count). The fourth-order valence-electron chi connectivity index (χ4n) is 1.75. The van der Waals surface area contributed by atoms with Gasteiger partial charge in [-0.1, -0.05) is 37.3 Å². The van der Waals surface area contributed by atoms with E-state index in [9.17, 15) is 4.79 Å². The van der Waals surface area contributed by atoms with Gasteiger partial charge in [0.2, 0.25) is 5.91 Å². The maximum atomic E-state index is 11.6. The van der Waals surface area contributed by atoms with Crippen molar-refractivity contribution in [1.82, 2.24) is 10.6 Å². The van der Waals surface area contributed by atoms with Gasteiger partial charge in [0.25, 0.3) is 0 Å². The quantitative estimate of drug-likeness (QED) is 0.644. The molecule has 20 heavy (non-hydrogen) atoms. The summed E-state index contributed by atoms with van der Waals surface area (Å²) in [4.78, 5) is 11.6. The van der Waals surface area contributed by atoms with E-state index in [1.165, 1.54) is 5.56 Å². The number of benzene rings is 1. The SMILES string of the molecule is CCCNC(=O)C(C)OCCCNCc1ccccc1. The van der Waals surface area contributed by atoms with Gasteiger partial charge in [0.15, 0.2) is 0 Å². The predicted octanol–water partition coefficient (Wildman–Crippen LogP) is 2.10. The third-order valence-corrected chi connectivity index (χ3v) is 2.96. The lowest BCUT2D eigenvalue weighted by Gasteiger charge is -2.13. The summed E-state index contributed by atoms with van der Waals surface area (Å²) in [6.07, 6.45) is 1.48. The zero-order valence-electron chi connectivity index (χ0n) is 12.5. The monoisotopic (exact) mass is 278 g/mol. The minimum Gasteiger partial charge on any atom is -0.369 e. The molecule has 0 heterocycles. The molecule has 0 saturated carbocycles. The van der Waals surface area contributed by atoms with E-state index >= 15 is 0 Å². The van der Waals surface area contributed by atoms with E-state index in [1.807, 2.05) is 25.1 Å². The second-order valence-corrected chi connectivity index (χ2v) is 4.82. The van der Waals surface area contributed by atoms with Crippen LogP contribution in [0, 0.1) is 0 Å². The molecule has 0 saturated heterocycles. The molecule has 1 amide bonds. The molecular weight excluding hydrogens is 252 g/mol. The first-order valence-corrected chi connectivity index (χ1v) is 7.38. The van der Waals surface area contributed by atoms with Crippen LogP contribution in [0.3, 0.4) is 0 Å². The van der Waals surface area contributed by atoms with E-state index in [0.29, 0.717) is 13.2 Å². The molecule has 4 nitrogen and oxygen atoms in total. The number of carbonyl (C=O) groups excluding carboxylic acids is 1. The van der Waals surface area contributed by atoms with Gasteiger partial charge in [-0.15, -0.1) is 0 Å². The van der Waals surface area contributed by atoms with Crippen LogP contribution in [0.5, 0.6) is 0 Å². The summed E-state index contributed by atoms with van der Waals surface area (Å²) < 4.78 is 5.50. The van der Waals surface area contributed by atoms with Crippen LogP contribution >= 0.6 is 0 Å². The summed E-state index contributed by atoms with van der Waals surface area (Å²) in [5.41, 5.74) is 1.28. The Morgan fingerprint density at radius 2 is 2.00 bits per heavy atom. The number of ether oxygens (including phenoxy) is 1. The number of hydrogen-bond acceptors (Lipinski definition) is 3.